The first-order chi connectivity index (χ1) is 23.9. The maximum absolute atomic E-state index is 13.9. The highest BCUT2D eigenvalue weighted by molar-refractivity contribution is 6.11. The Bertz CT molecular complexity index is 1920. The van der Waals surface area contributed by atoms with Gasteiger partial charge in [-0.25, -0.2) is 14.6 Å². The predicted octanol–water partition coefficient (Wildman–Crippen LogP) is 5.98. The van der Waals surface area contributed by atoms with E-state index in [2.05, 4.69) is 30.8 Å². The van der Waals surface area contributed by atoms with E-state index in [1.807, 2.05) is 84.9 Å². The predicted molar refractivity (Wildman–Crippen MR) is 187 cm³/mol. The highest BCUT2D eigenvalue weighted by Gasteiger charge is 2.25. The third-order valence-corrected chi connectivity index (χ3v) is 8.13. The SMILES string of the molecule is NCc1ccc2cc(NC(=O)OCc3ccccc3)c(C(=O)Nc3cnccc3N3CCC[C@H](NC(=O)OCc4ccccc4)C3)nc2c1. The molecule has 1 saturated heterocycles. The molecule has 3 amide bonds. The van der Waals surface area contributed by atoms with Crippen LogP contribution in [-0.2, 0) is 29.2 Å². The number of anilines is 3. The molecule has 250 valence electrons. The van der Waals surface area contributed by atoms with Gasteiger partial charge in [-0.1, -0.05) is 72.8 Å². The molecule has 2 aromatic heterocycles. The number of nitrogens with two attached hydrogens (primary N) is 1. The second kappa shape index (κ2) is 15.7. The van der Waals surface area contributed by atoms with E-state index in [0.717, 1.165) is 35.2 Å². The van der Waals surface area contributed by atoms with Crippen LogP contribution in [0.3, 0.4) is 0 Å². The van der Waals surface area contributed by atoms with E-state index in [1.54, 1.807) is 18.5 Å². The minimum Gasteiger partial charge on any atom is -0.445 e. The normalized spacial score (nSPS) is 14.1. The Morgan fingerprint density at radius 2 is 1.53 bits per heavy atom. The highest BCUT2D eigenvalue weighted by atomic mass is 16.6. The van der Waals surface area contributed by atoms with E-state index in [-0.39, 0.29) is 30.6 Å². The number of nitrogens with zero attached hydrogens (tertiary/aromatic N) is 3. The third-order valence-electron chi connectivity index (χ3n) is 8.13. The molecule has 0 spiro atoms. The number of nitrogens with one attached hydrogen (secondary N) is 3. The van der Waals surface area contributed by atoms with Crippen molar-refractivity contribution in [2.24, 2.45) is 5.73 Å². The summed E-state index contributed by atoms with van der Waals surface area (Å²) in [5.74, 6) is -0.552. The molecule has 1 aliphatic rings. The fraction of sp³-hybridized carbons (Fsp3) is 0.216. The van der Waals surface area contributed by atoms with Crippen LogP contribution in [0.2, 0.25) is 0 Å². The second-order valence-electron chi connectivity index (χ2n) is 11.6. The van der Waals surface area contributed by atoms with Crippen molar-refractivity contribution in [3.05, 3.63) is 126 Å². The first-order valence-electron chi connectivity index (χ1n) is 16.0. The maximum atomic E-state index is 13.9. The van der Waals surface area contributed by atoms with Crippen molar-refractivity contribution < 1.29 is 23.9 Å². The lowest BCUT2D eigenvalue weighted by Crippen LogP contribution is -2.48. The number of ether oxygens (including phenoxy) is 2. The van der Waals surface area contributed by atoms with Gasteiger partial charge in [0.2, 0.25) is 0 Å². The van der Waals surface area contributed by atoms with Crippen molar-refractivity contribution in [2.75, 3.05) is 28.6 Å². The van der Waals surface area contributed by atoms with Crippen LogP contribution in [0.1, 0.15) is 40.0 Å². The molecule has 12 nitrogen and oxygen atoms in total. The summed E-state index contributed by atoms with van der Waals surface area (Å²) in [5.41, 5.74) is 10.3. The van der Waals surface area contributed by atoms with Crippen LogP contribution in [-0.4, -0.2) is 47.2 Å². The smallest absolute Gasteiger partial charge is 0.412 e. The number of carbonyl (C=O) groups excluding carboxylic acids is 3. The van der Waals surface area contributed by atoms with Crippen molar-refractivity contribution in [1.82, 2.24) is 15.3 Å². The van der Waals surface area contributed by atoms with Gasteiger partial charge in [0, 0.05) is 37.3 Å². The van der Waals surface area contributed by atoms with E-state index in [4.69, 9.17) is 15.2 Å². The number of benzene rings is 3. The van der Waals surface area contributed by atoms with Crippen molar-refractivity contribution in [2.45, 2.75) is 38.6 Å². The summed E-state index contributed by atoms with van der Waals surface area (Å²) in [7, 11) is 0. The Balaban J connectivity index is 1.17. The summed E-state index contributed by atoms with van der Waals surface area (Å²) in [6.07, 6.45) is 3.59. The molecule has 49 heavy (non-hydrogen) atoms. The molecular formula is C37H37N7O5. The van der Waals surface area contributed by atoms with Crippen LogP contribution < -0.4 is 26.6 Å². The fourth-order valence-electron chi connectivity index (χ4n) is 5.66. The molecule has 0 unspecified atom stereocenters. The number of alkyl carbamates (subject to hydrolysis) is 1. The molecular weight excluding hydrogens is 622 g/mol. The molecule has 0 bridgehead atoms. The maximum Gasteiger partial charge on any atom is 0.412 e. The van der Waals surface area contributed by atoms with Gasteiger partial charge in [0.15, 0.2) is 5.69 Å². The van der Waals surface area contributed by atoms with Crippen LogP contribution in [0.15, 0.2) is 103 Å². The van der Waals surface area contributed by atoms with E-state index < -0.39 is 18.1 Å². The van der Waals surface area contributed by atoms with E-state index in [9.17, 15) is 14.4 Å². The summed E-state index contributed by atoms with van der Waals surface area (Å²) >= 11 is 0. The standard InChI is InChI=1S/C37H37N7O5/c38-20-27-13-14-28-19-31(43-37(47)49-24-26-10-5-2-6-11-26)34(41-30(28)18-27)35(45)42-32-21-39-16-15-33(32)44-17-7-12-29(22-44)40-36(46)48-23-25-8-3-1-4-9-25/h1-6,8-11,13-16,18-19,21,29H,7,12,17,20,22-24,38H2,(H,40,46)(H,42,45)(H,43,47)/t29-/m0/s1. The molecule has 5 N–H and O–H groups in total. The largest absolute Gasteiger partial charge is 0.445 e. The number of hydrogen-bond acceptors (Lipinski definition) is 9. The summed E-state index contributed by atoms with van der Waals surface area (Å²) in [4.78, 5) is 50.4. The van der Waals surface area contributed by atoms with Gasteiger partial charge in [0.25, 0.3) is 5.91 Å². The van der Waals surface area contributed by atoms with Gasteiger partial charge in [0.1, 0.15) is 13.2 Å². The highest BCUT2D eigenvalue weighted by Crippen LogP contribution is 2.30. The molecule has 12 heteroatoms. The van der Waals surface area contributed by atoms with Crippen LogP contribution >= 0.6 is 0 Å². The summed E-state index contributed by atoms with van der Waals surface area (Å²) < 4.78 is 10.9. The average molecular weight is 660 g/mol. The van der Waals surface area contributed by atoms with Gasteiger partial charge >= 0.3 is 12.2 Å². The minimum absolute atomic E-state index is 0.00696. The van der Waals surface area contributed by atoms with Crippen LogP contribution in [0.4, 0.5) is 26.7 Å². The van der Waals surface area contributed by atoms with E-state index in [1.165, 1.54) is 0 Å². The molecule has 3 aromatic carbocycles. The molecule has 1 atom stereocenters. The minimum atomic E-state index is -0.728. The molecule has 3 heterocycles. The molecule has 1 aliphatic heterocycles. The molecule has 0 radical (unpaired) electrons. The zero-order valence-electron chi connectivity index (χ0n) is 26.8. The monoisotopic (exact) mass is 659 g/mol. The van der Waals surface area contributed by atoms with Gasteiger partial charge in [0.05, 0.1) is 28.8 Å². The van der Waals surface area contributed by atoms with Crippen molar-refractivity contribution in [1.29, 1.82) is 0 Å². The lowest BCUT2D eigenvalue weighted by molar-refractivity contribution is 0.102. The van der Waals surface area contributed by atoms with Crippen LogP contribution in [0.25, 0.3) is 10.9 Å². The number of fused-ring (bicyclic) bond motifs is 1. The topological polar surface area (TPSA) is 161 Å². The Hall–Kier alpha value is -6.01. The molecule has 1 fully saturated rings. The summed E-state index contributed by atoms with van der Waals surface area (Å²) in [5, 5.41) is 9.33. The first kappa shape index (κ1) is 32.9. The summed E-state index contributed by atoms with van der Waals surface area (Å²) in [6.45, 7) is 1.76. The zero-order chi connectivity index (χ0) is 34.0. The van der Waals surface area contributed by atoms with Gasteiger partial charge in [-0.05, 0) is 47.7 Å². The lowest BCUT2D eigenvalue weighted by Gasteiger charge is -2.35. The third kappa shape index (κ3) is 8.67. The molecule has 5 aromatic rings. The Labute approximate surface area is 283 Å². The second-order valence-corrected chi connectivity index (χ2v) is 11.6. The van der Waals surface area contributed by atoms with Crippen molar-refractivity contribution >= 4 is 46.1 Å². The molecule has 6 rings (SSSR count). The first-order valence-corrected chi connectivity index (χ1v) is 16.0. The molecule has 0 saturated carbocycles. The number of hydrogen-bond donors (Lipinski definition) is 4. The number of rotatable bonds is 10. The van der Waals surface area contributed by atoms with Crippen LogP contribution in [0, 0.1) is 0 Å². The van der Waals surface area contributed by atoms with Gasteiger partial charge in [-0.2, -0.15) is 0 Å². The Morgan fingerprint density at radius 3 is 2.24 bits per heavy atom. The summed E-state index contributed by atoms with van der Waals surface area (Å²) in [6, 6.07) is 27.6. The Morgan fingerprint density at radius 1 is 0.816 bits per heavy atom. The van der Waals surface area contributed by atoms with Gasteiger partial charge in [-0.3, -0.25) is 15.1 Å². The number of carbonyl (C=O) groups is 3. The molecule has 0 aliphatic carbocycles. The number of aromatic nitrogens is 2. The lowest BCUT2D eigenvalue weighted by atomic mass is 10.0. The number of amides is 3. The number of pyridine rings is 2. The Kier molecular flexibility index (Phi) is 10.6. The van der Waals surface area contributed by atoms with Gasteiger partial charge in [-0.15, -0.1) is 0 Å². The zero-order valence-corrected chi connectivity index (χ0v) is 26.8. The fourth-order valence-corrected chi connectivity index (χ4v) is 5.66. The average Bonchev–Trinajstić information content (AvgIpc) is 3.14. The van der Waals surface area contributed by atoms with Crippen LogP contribution in [0.5, 0.6) is 0 Å². The number of piperidine rings is 1. The van der Waals surface area contributed by atoms with E-state index in [0.29, 0.717) is 36.2 Å². The van der Waals surface area contributed by atoms with Gasteiger partial charge < -0.3 is 30.7 Å². The quantitative estimate of drug-likeness (QED) is 0.141. The van der Waals surface area contributed by atoms with E-state index >= 15 is 0 Å². The van der Waals surface area contributed by atoms with Crippen molar-refractivity contribution in [3.8, 4) is 0 Å². The van der Waals surface area contributed by atoms with Crippen molar-refractivity contribution in [3.63, 3.8) is 0 Å².